The fraction of sp³-hybridized carbons (Fsp3) is 0.455. The highest BCUT2D eigenvalue weighted by Gasteiger charge is 2.21. The van der Waals surface area contributed by atoms with E-state index in [2.05, 4.69) is 16.9 Å². The highest BCUT2D eigenvalue weighted by molar-refractivity contribution is 7.18. The lowest BCUT2D eigenvalue weighted by Gasteiger charge is -2.22. The first kappa shape index (κ1) is 19.8. The molecule has 1 unspecified atom stereocenters. The van der Waals surface area contributed by atoms with Gasteiger partial charge in [-0.1, -0.05) is 13.3 Å². The first-order valence-electron chi connectivity index (χ1n) is 10.3. The third-order valence-electron chi connectivity index (χ3n) is 5.77. The minimum atomic E-state index is -0.392. The number of unbranched alkanes of at least 4 members (excludes halogenated alkanes) is 1. The Labute approximate surface area is 172 Å². The summed E-state index contributed by atoms with van der Waals surface area (Å²) in [7, 11) is 0. The molecule has 1 atom stereocenters. The highest BCUT2D eigenvalue weighted by atomic mass is 32.1. The van der Waals surface area contributed by atoms with Gasteiger partial charge in [0.2, 0.25) is 5.88 Å². The van der Waals surface area contributed by atoms with Crippen molar-refractivity contribution in [3.8, 4) is 11.6 Å². The molecule has 154 valence electrons. The summed E-state index contributed by atoms with van der Waals surface area (Å²) in [5.41, 5.74) is 1.35. The Hall–Kier alpha value is -2.54. The zero-order valence-electron chi connectivity index (χ0n) is 16.5. The molecule has 0 amide bonds. The largest absolute Gasteiger partial charge is 0.494 e. The molecule has 7 heteroatoms. The van der Waals surface area contributed by atoms with Crippen LogP contribution >= 0.6 is 11.3 Å². The minimum Gasteiger partial charge on any atom is -0.494 e. The Bertz CT molecular complexity index is 1130. The number of aromatic hydroxyl groups is 1. The number of aryl methyl sites for hydroxylation is 1. The number of hydrogen-bond acceptors (Lipinski definition) is 5. The van der Waals surface area contributed by atoms with Gasteiger partial charge in [0.05, 0.1) is 12.3 Å². The second kappa shape index (κ2) is 8.45. The second-order valence-electron chi connectivity index (χ2n) is 7.72. The van der Waals surface area contributed by atoms with Gasteiger partial charge in [-0.15, -0.1) is 11.3 Å². The maximum Gasteiger partial charge on any atom is 0.325 e. The van der Waals surface area contributed by atoms with Gasteiger partial charge in [-0.2, -0.15) is 0 Å². The minimum absolute atomic E-state index is 0.0889. The molecule has 0 bridgehead atoms. The average Bonchev–Trinajstić information content (AvgIpc) is 3.04. The SMILES string of the molecule is CCC1CCc2c(sc3cc(OCCCCc4[nH]c(=O)[nH]c4O)ccc3c2=O)C1. The van der Waals surface area contributed by atoms with E-state index in [0.717, 1.165) is 59.9 Å². The smallest absolute Gasteiger partial charge is 0.325 e. The number of fused-ring (bicyclic) bond motifs is 2. The van der Waals surface area contributed by atoms with Gasteiger partial charge in [0.25, 0.3) is 0 Å². The summed E-state index contributed by atoms with van der Waals surface area (Å²) < 4.78 is 6.87. The average molecular weight is 415 g/mol. The lowest BCUT2D eigenvalue weighted by atomic mass is 9.87. The van der Waals surface area contributed by atoms with Crippen molar-refractivity contribution in [3.05, 3.63) is 55.0 Å². The van der Waals surface area contributed by atoms with Gasteiger partial charge in [-0.25, -0.2) is 4.79 Å². The highest BCUT2D eigenvalue weighted by Crippen LogP contribution is 2.33. The van der Waals surface area contributed by atoms with E-state index in [0.29, 0.717) is 24.6 Å². The van der Waals surface area contributed by atoms with Crippen LogP contribution in [-0.2, 0) is 19.3 Å². The summed E-state index contributed by atoms with van der Waals surface area (Å²) >= 11 is 1.74. The van der Waals surface area contributed by atoms with Gasteiger partial charge in [0, 0.05) is 20.5 Å². The predicted molar refractivity (Wildman–Crippen MR) is 115 cm³/mol. The van der Waals surface area contributed by atoms with Crippen molar-refractivity contribution < 1.29 is 9.84 Å². The van der Waals surface area contributed by atoms with Crippen LogP contribution in [0.25, 0.3) is 10.1 Å². The van der Waals surface area contributed by atoms with Crippen molar-refractivity contribution in [2.45, 2.75) is 51.9 Å². The molecule has 0 saturated carbocycles. The van der Waals surface area contributed by atoms with Crippen LogP contribution in [0.3, 0.4) is 0 Å². The molecule has 0 spiro atoms. The Kier molecular flexibility index (Phi) is 5.76. The molecule has 1 aromatic carbocycles. The molecule has 6 nitrogen and oxygen atoms in total. The number of hydrogen-bond donors (Lipinski definition) is 3. The summed E-state index contributed by atoms with van der Waals surface area (Å²) in [6.07, 6.45) is 6.36. The fourth-order valence-electron chi connectivity index (χ4n) is 4.01. The number of benzene rings is 1. The number of rotatable bonds is 7. The van der Waals surface area contributed by atoms with Crippen molar-refractivity contribution in [1.29, 1.82) is 0 Å². The fourth-order valence-corrected chi connectivity index (χ4v) is 5.36. The lowest BCUT2D eigenvalue weighted by molar-refractivity contribution is 0.307. The number of nitrogens with one attached hydrogen (secondary N) is 2. The van der Waals surface area contributed by atoms with Gasteiger partial charge < -0.3 is 14.8 Å². The summed E-state index contributed by atoms with van der Waals surface area (Å²) in [5.74, 6) is 1.37. The maximum absolute atomic E-state index is 12.9. The van der Waals surface area contributed by atoms with Crippen molar-refractivity contribution >= 4 is 21.4 Å². The third kappa shape index (κ3) is 4.24. The zero-order chi connectivity index (χ0) is 20.4. The van der Waals surface area contributed by atoms with Gasteiger partial charge in [-0.3, -0.25) is 9.78 Å². The van der Waals surface area contributed by atoms with Crippen LogP contribution in [0, 0.1) is 5.92 Å². The summed E-state index contributed by atoms with van der Waals surface area (Å²) in [4.78, 5) is 30.1. The van der Waals surface area contributed by atoms with Crippen molar-refractivity contribution in [1.82, 2.24) is 9.97 Å². The Balaban J connectivity index is 1.40. The maximum atomic E-state index is 12.9. The van der Waals surface area contributed by atoms with Crippen LogP contribution in [0.15, 0.2) is 27.8 Å². The number of ether oxygens (including phenoxy) is 1. The van der Waals surface area contributed by atoms with Crippen molar-refractivity contribution in [2.75, 3.05) is 6.61 Å². The van der Waals surface area contributed by atoms with Gasteiger partial charge in [0.15, 0.2) is 5.43 Å². The standard InChI is InChI=1S/C22H26N2O4S/c1-2-13-6-8-15-18(11-13)29-19-12-14(7-9-16(19)20(15)25)28-10-4-3-5-17-21(26)24-22(27)23-17/h7,9,12-13,26H,2-6,8,10-11H2,1H3,(H2,23,24,27). The molecular formula is C22H26N2O4S. The van der Waals surface area contributed by atoms with E-state index in [1.807, 2.05) is 18.2 Å². The van der Waals surface area contributed by atoms with Crippen LogP contribution in [0.2, 0.25) is 0 Å². The molecule has 29 heavy (non-hydrogen) atoms. The third-order valence-corrected chi connectivity index (χ3v) is 6.98. The Morgan fingerprint density at radius 2 is 2.10 bits per heavy atom. The topological polar surface area (TPSA) is 95.2 Å². The van der Waals surface area contributed by atoms with E-state index in [9.17, 15) is 14.7 Å². The van der Waals surface area contributed by atoms with Gasteiger partial charge >= 0.3 is 5.69 Å². The molecule has 1 aliphatic rings. The molecule has 0 fully saturated rings. The molecular weight excluding hydrogens is 388 g/mol. The number of aromatic amines is 2. The first-order chi connectivity index (χ1) is 14.0. The summed E-state index contributed by atoms with van der Waals surface area (Å²) in [6, 6.07) is 5.74. The van der Waals surface area contributed by atoms with Crippen molar-refractivity contribution in [3.63, 3.8) is 0 Å². The summed E-state index contributed by atoms with van der Waals surface area (Å²) in [6.45, 7) is 2.76. The first-order valence-corrected chi connectivity index (χ1v) is 11.1. The normalized spacial score (nSPS) is 16.1. The van der Waals surface area contributed by atoms with Crippen LogP contribution < -0.4 is 15.9 Å². The van der Waals surface area contributed by atoms with Crippen LogP contribution in [0.4, 0.5) is 0 Å². The lowest BCUT2D eigenvalue weighted by Crippen LogP contribution is -2.20. The number of aromatic nitrogens is 2. The number of imidazole rings is 1. The van der Waals surface area contributed by atoms with E-state index < -0.39 is 5.69 Å². The second-order valence-corrected chi connectivity index (χ2v) is 8.86. The van der Waals surface area contributed by atoms with Crippen LogP contribution in [0.5, 0.6) is 11.6 Å². The zero-order valence-corrected chi connectivity index (χ0v) is 17.4. The molecule has 2 heterocycles. The Morgan fingerprint density at radius 1 is 1.24 bits per heavy atom. The van der Waals surface area contributed by atoms with Crippen LogP contribution in [0.1, 0.15) is 48.7 Å². The molecule has 2 aromatic heterocycles. The van der Waals surface area contributed by atoms with Gasteiger partial charge in [-0.05, 0) is 62.6 Å². The molecule has 0 saturated heterocycles. The molecule has 3 N–H and O–H groups in total. The molecule has 1 aliphatic carbocycles. The molecule has 0 aliphatic heterocycles. The predicted octanol–water partition coefficient (Wildman–Crippen LogP) is 3.90. The van der Waals surface area contributed by atoms with E-state index >= 15 is 0 Å². The van der Waals surface area contributed by atoms with Crippen LogP contribution in [-0.4, -0.2) is 21.7 Å². The summed E-state index contributed by atoms with van der Waals surface area (Å²) in [5, 5.41) is 10.4. The quantitative estimate of drug-likeness (QED) is 0.511. The number of H-pyrrole nitrogens is 2. The molecule has 0 radical (unpaired) electrons. The van der Waals surface area contributed by atoms with E-state index in [4.69, 9.17) is 4.74 Å². The van der Waals surface area contributed by atoms with E-state index in [1.54, 1.807) is 11.3 Å². The van der Waals surface area contributed by atoms with Crippen molar-refractivity contribution in [2.24, 2.45) is 5.92 Å². The Morgan fingerprint density at radius 3 is 2.86 bits per heavy atom. The molecule has 3 aromatic rings. The van der Waals surface area contributed by atoms with Gasteiger partial charge in [0.1, 0.15) is 5.75 Å². The monoisotopic (exact) mass is 414 g/mol. The van der Waals surface area contributed by atoms with E-state index in [1.165, 1.54) is 4.88 Å². The molecule has 4 rings (SSSR count). The van der Waals surface area contributed by atoms with E-state index in [-0.39, 0.29) is 11.3 Å².